The molecular formula is C28H36O6. The third-order valence-electron chi connectivity index (χ3n) is 6.08. The minimum Gasteiger partial charge on any atom is -0.480 e. The lowest BCUT2D eigenvalue weighted by atomic mass is 9.84. The van der Waals surface area contributed by atoms with Crippen molar-refractivity contribution in [2.45, 2.75) is 72.0 Å². The van der Waals surface area contributed by atoms with Crippen LogP contribution in [0.25, 0.3) is 0 Å². The zero-order valence-corrected chi connectivity index (χ0v) is 20.2. The second-order valence-corrected chi connectivity index (χ2v) is 8.88. The van der Waals surface area contributed by atoms with Crippen molar-refractivity contribution in [1.82, 2.24) is 0 Å². The summed E-state index contributed by atoms with van der Waals surface area (Å²) in [6.07, 6.45) is 4.51. The molecule has 1 N–H and O–H groups in total. The molecule has 184 valence electrons. The monoisotopic (exact) mass is 468 g/mol. The summed E-state index contributed by atoms with van der Waals surface area (Å²) in [5.74, 6) is -2.39. The zero-order chi connectivity index (χ0) is 24.8. The van der Waals surface area contributed by atoms with E-state index in [1.54, 1.807) is 0 Å². The van der Waals surface area contributed by atoms with Gasteiger partial charge in [-0.1, -0.05) is 93.3 Å². The quantitative estimate of drug-likeness (QED) is 0.198. The third kappa shape index (κ3) is 8.65. The SMILES string of the molecule is CCCCC(CCCC[C@](C)(C(=O)O)C(=O)OCc1ccccc1)C(=O)OCc1ccccc1. The fourth-order valence-corrected chi connectivity index (χ4v) is 3.73. The van der Waals surface area contributed by atoms with Gasteiger partial charge < -0.3 is 14.6 Å². The fraction of sp³-hybridized carbons (Fsp3) is 0.464. The lowest BCUT2D eigenvalue weighted by Crippen LogP contribution is -2.38. The Kier molecular flexibility index (Phi) is 11.3. The molecule has 2 aromatic rings. The molecule has 0 aliphatic carbocycles. The van der Waals surface area contributed by atoms with Crippen molar-refractivity contribution in [3.05, 3.63) is 71.8 Å². The minimum absolute atomic E-state index is 0.0366. The molecule has 0 amide bonds. The molecule has 34 heavy (non-hydrogen) atoms. The second-order valence-electron chi connectivity index (χ2n) is 8.88. The summed E-state index contributed by atoms with van der Waals surface area (Å²) in [4.78, 5) is 37.2. The molecule has 0 radical (unpaired) electrons. The molecule has 1 unspecified atom stereocenters. The molecule has 0 heterocycles. The first kappa shape index (κ1) is 27.1. The maximum Gasteiger partial charge on any atom is 0.323 e. The third-order valence-corrected chi connectivity index (χ3v) is 6.08. The Morgan fingerprint density at radius 1 is 0.824 bits per heavy atom. The number of hydrogen-bond acceptors (Lipinski definition) is 5. The second kappa shape index (κ2) is 14.2. The van der Waals surface area contributed by atoms with E-state index in [-0.39, 0.29) is 31.5 Å². The van der Waals surface area contributed by atoms with E-state index in [0.29, 0.717) is 19.3 Å². The molecule has 2 atom stereocenters. The summed E-state index contributed by atoms with van der Waals surface area (Å²) in [5.41, 5.74) is 0.120. The van der Waals surface area contributed by atoms with Gasteiger partial charge in [0.15, 0.2) is 5.41 Å². The Balaban J connectivity index is 1.85. The normalized spacial score (nSPS) is 13.5. The van der Waals surface area contributed by atoms with Crippen molar-refractivity contribution < 1.29 is 29.0 Å². The molecule has 0 saturated carbocycles. The van der Waals surface area contributed by atoms with Crippen LogP contribution in [0.1, 0.15) is 69.9 Å². The van der Waals surface area contributed by atoms with E-state index in [9.17, 15) is 19.5 Å². The number of unbranched alkanes of at least 4 members (excludes halogenated alkanes) is 2. The van der Waals surface area contributed by atoms with Crippen LogP contribution in [-0.4, -0.2) is 23.0 Å². The minimum atomic E-state index is -1.62. The summed E-state index contributed by atoms with van der Waals surface area (Å²) >= 11 is 0. The van der Waals surface area contributed by atoms with Crippen LogP contribution in [0.3, 0.4) is 0 Å². The first-order chi connectivity index (χ1) is 16.4. The van der Waals surface area contributed by atoms with Crippen molar-refractivity contribution in [3.63, 3.8) is 0 Å². The van der Waals surface area contributed by atoms with Crippen molar-refractivity contribution in [1.29, 1.82) is 0 Å². The van der Waals surface area contributed by atoms with E-state index < -0.39 is 17.4 Å². The van der Waals surface area contributed by atoms with Gasteiger partial charge in [-0.15, -0.1) is 0 Å². The Morgan fingerprint density at radius 2 is 1.35 bits per heavy atom. The topological polar surface area (TPSA) is 89.9 Å². The van der Waals surface area contributed by atoms with Crippen molar-refractivity contribution >= 4 is 17.9 Å². The number of carbonyl (C=O) groups is 3. The van der Waals surface area contributed by atoms with E-state index in [4.69, 9.17) is 9.47 Å². The summed E-state index contributed by atoms with van der Waals surface area (Å²) in [6, 6.07) is 18.7. The van der Waals surface area contributed by atoms with E-state index in [2.05, 4.69) is 6.92 Å². The van der Waals surface area contributed by atoms with Gasteiger partial charge in [-0.2, -0.15) is 0 Å². The molecule has 6 nitrogen and oxygen atoms in total. The van der Waals surface area contributed by atoms with Crippen LogP contribution in [0, 0.1) is 11.3 Å². The number of benzene rings is 2. The predicted molar refractivity (Wildman–Crippen MR) is 130 cm³/mol. The van der Waals surface area contributed by atoms with Gasteiger partial charge in [0.25, 0.3) is 0 Å². The van der Waals surface area contributed by atoms with Crippen LogP contribution in [0.15, 0.2) is 60.7 Å². The average Bonchev–Trinajstić information content (AvgIpc) is 2.86. The largest absolute Gasteiger partial charge is 0.480 e. The van der Waals surface area contributed by atoms with Crippen LogP contribution in [0.4, 0.5) is 0 Å². The van der Waals surface area contributed by atoms with E-state index >= 15 is 0 Å². The number of carbonyl (C=O) groups excluding carboxylic acids is 2. The molecule has 0 spiro atoms. The lowest BCUT2D eigenvalue weighted by Gasteiger charge is -2.23. The summed E-state index contributed by atoms with van der Waals surface area (Å²) in [5, 5.41) is 9.72. The Hall–Kier alpha value is -3.15. The molecular weight excluding hydrogens is 432 g/mol. The van der Waals surface area contributed by atoms with E-state index in [1.165, 1.54) is 6.92 Å². The van der Waals surface area contributed by atoms with Gasteiger partial charge in [-0.3, -0.25) is 14.4 Å². The molecule has 0 aromatic heterocycles. The van der Waals surface area contributed by atoms with Gasteiger partial charge in [0, 0.05) is 0 Å². The molecule has 2 aromatic carbocycles. The highest BCUT2D eigenvalue weighted by molar-refractivity contribution is 5.98. The summed E-state index contributed by atoms with van der Waals surface area (Å²) < 4.78 is 10.8. The van der Waals surface area contributed by atoms with Crippen LogP contribution < -0.4 is 0 Å². The number of aliphatic carboxylic acids is 1. The van der Waals surface area contributed by atoms with Crippen LogP contribution in [-0.2, 0) is 37.1 Å². The molecule has 0 aliphatic heterocycles. The average molecular weight is 469 g/mol. The molecule has 0 saturated heterocycles. The molecule has 0 fully saturated rings. The molecule has 0 bridgehead atoms. The zero-order valence-electron chi connectivity index (χ0n) is 20.2. The summed E-state index contributed by atoms with van der Waals surface area (Å²) in [6.45, 7) is 3.76. The van der Waals surface area contributed by atoms with Crippen molar-refractivity contribution in [2.75, 3.05) is 0 Å². The number of ether oxygens (including phenoxy) is 2. The fourth-order valence-electron chi connectivity index (χ4n) is 3.73. The smallest absolute Gasteiger partial charge is 0.323 e. The van der Waals surface area contributed by atoms with Gasteiger partial charge in [0.1, 0.15) is 13.2 Å². The van der Waals surface area contributed by atoms with Gasteiger partial charge in [0.2, 0.25) is 0 Å². The number of esters is 2. The highest BCUT2D eigenvalue weighted by atomic mass is 16.5. The van der Waals surface area contributed by atoms with Crippen LogP contribution in [0.2, 0.25) is 0 Å². The molecule has 6 heteroatoms. The first-order valence-corrected chi connectivity index (χ1v) is 12.0. The highest BCUT2D eigenvalue weighted by Gasteiger charge is 2.42. The van der Waals surface area contributed by atoms with Gasteiger partial charge in [-0.25, -0.2) is 0 Å². The first-order valence-electron chi connectivity index (χ1n) is 12.0. The number of hydrogen-bond donors (Lipinski definition) is 1. The number of rotatable bonds is 15. The van der Waals surface area contributed by atoms with Crippen LogP contribution >= 0.6 is 0 Å². The maximum atomic E-state index is 12.7. The predicted octanol–water partition coefficient (Wildman–Crippen LogP) is 5.93. The van der Waals surface area contributed by atoms with Crippen LogP contribution in [0.5, 0.6) is 0 Å². The van der Waals surface area contributed by atoms with Crippen molar-refractivity contribution in [2.24, 2.45) is 11.3 Å². The standard InChI is InChI=1S/C28H36O6/c1-3-4-17-24(25(29)33-20-22-13-7-5-8-14-22)18-11-12-19-28(2,26(30)31)27(32)34-21-23-15-9-6-10-16-23/h5-10,13-16,24H,3-4,11-12,17-21H2,1-2H3,(H,30,31)/t24?,28-/m1/s1. The number of carboxylic acid groups (broad SMARTS) is 1. The van der Waals surface area contributed by atoms with E-state index in [1.807, 2.05) is 60.7 Å². The van der Waals surface area contributed by atoms with Crippen molar-refractivity contribution in [3.8, 4) is 0 Å². The number of carboxylic acids is 1. The van der Waals surface area contributed by atoms with Gasteiger partial charge in [-0.05, 0) is 37.3 Å². The molecule has 0 aliphatic rings. The van der Waals surface area contributed by atoms with Gasteiger partial charge in [0.05, 0.1) is 5.92 Å². The Labute approximate surface area is 202 Å². The van der Waals surface area contributed by atoms with E-state index in [0.717, 1.165) is 30.4 Å². The maximum absolute atomic E-state index is 12.7. The molecule has 2 rings (SSSR count). The highest BCUT2D eigenvalue weighted by Crippen LogP contribution is 2.29. The Bertz CT molecular complexity index is 896. The van der Waals surface area contributed by atoms with Gasteiger partial charge >= 0.3 is 17.9 Å². The summed E-state index contributed by atoms with van der Waals surface area (Å²) in [7, 11) is 0. The lowest BCUT2D eigenvalue weighted by molar-refractivity contribution is -0.169. The Morgan fingerprint density at radius 3 is 1.88 bits per heavy atom.